The predicted octanol–water partition coefficient (Wildman–Crippen LogP) is 1.62. The highest BCUT2D eigenvalue weighted by molar-refractivity contribution is 5.68. The quantitative estimate of drug-likeness (QED) is 0.733. The Morgan fingerprint density at radius 3 is 2.65 bits per heavy atom. The molecule has 0 bridgehead atoms. The molecular formula is C15H26N2O3. The molecule has 0 radical (unpaired) electrons. The second-order valence-corrected chi connectivity index (χ2v) is 7.46. The third kappa shape index (κ3) is 2.53. The van der Waals surface area contributed by atoms with Gasteiger partial charge in [-0.05, 0) is 39.0 Å². The van der Waals surface area contributed by atoms with E-state index in [4.69, 9.17) is 9.47 Å². The van der Waals surface area contributed by atoms with Crippen molar-refractivity contribution in [2.75, 3.05) is 32.8 Å². The molecule has 0 aromatic carbocycles. The molecular weight excluding hydrogens is 256 g/mol. The van der Waals surface area contributed by atoms with Gasteiger partial charge < -0.3 is 19.7 Å². The van der Waals surface area contributed by atoms with Gasteiger partial charge in [0.05, 0.1) is 13.2 Å². The molecule has 20 heavy (non-hydrogen) atoms. The zero-order valence-electron chi connectivity index (χ0n) is 12.8. The van der Waals surface area contributed by atoms with E-state index in [1.807, 2.05) is 25.7 Å². The standard InChI is InChI=1S/C15H26N2O3/c1-14(2,3)20-13(18)17-6-4-15(5-7-17)10-16-12-9-19-8-11(12)15/h11-12,16H,4-10H2,1-3H3/t11-,12-/m1/s1. The maximum atomic E-state index is 12.1. The zero-order chi connectivity index (χ0) is 14.4. The molecule has 0 unspecified atom stereocenters. The van der Waals surface area contributed by atoms with Gasteiger partial charge in [0.15, 0.2) is 0 Å². The second-order valence-electron chi connectivity index (χ2n) is 7.46. The molecule has 114 valence electrons. The van der Waals surface area contributed by atoms with E-state index in [9.17, 15) is 4.79 Å². The first-order valence-electron chi connectivity index (χ1n) is 7.69. The molecule has 1 spiro atoms. The first-order valence-corrected chi connectivity index (χ1v) is 7.69. The van der Waals surface area contributed by atoms with Crippen LogP contribution < -0.4 is 5.32 Å². The van der Waals surface area contributed by atoms with Crippen LogP contribution in [0, 0.1) is 11.3 Å². The van der Waals surface area contributed by atoms with Crippen molar-refractivity contribution in [3.63, 3.8) is 0 Å². The molecule has 0 aliphatic carbocycles. The topological polar surface area (TPSA) is 50.8 Å². The lowest BCUT2D eigenvalue weighted by Crippen LogP contribution is -2.48. The summed E-state index contributed by atoms with van der Waals surface area (Å²) in [6.45, 7) is 10.2. The third-order valence-corrected chi connectivity index (χ3v) is 4.99. The van der Waals surface area contributed by atoms with Crippen molar-refractivity contribution in [3.05, 3.63) is 0 Å². The number of amides is 1. The average Bonchev–Trinajstić information content (AvgIpc) is 2.93. The van der Waals surface area contributed by atoms with E-state index >= 15 is 0 Å². The highest BCUT2D eigenvalue weighted by atomic mass is 16.6. The molecule has 0 aromatic heterocycles. The Balaban J connectivity index is 1.58. The lowest BCUT2D eigenvalue weighted by molar-refractivity contribution is 0.00426. The maximum absolute atomic E-state index is 12.1. The summed E-state index contributed by atoms with van der Waals surface area (Å²) in [5.74, 6) is 0.628. The van der Waals surface area contributed by atoms with Gasteiger partial charge in [-0.1, -0.05) is 0 Å². The molecule has 2 atom stereocenters. The molecule has 3 aliphatic heterocycles. The Hall–Kier alpha value is -0.810. The van der Waals surface area contributed by atoms with Gasteiger partial charge in [-0.15, -0.1) is 0 Å². The summed E-state index contributed by atoms with van der Waals surface area (Å²) in [6.07, 6.45) is 1.95. The number of carbonyl (C=O) groups excluding carboxylic acids is 1. The summed E-state index contributed by atoms with van der Waals surface area (Å²) in [5, 5.41) is 3.60. The minimum atomic E-state index is -0.411. The van der Waals surface area contributed by atoms with Gasteiger partial charge in [0.2, 0.25) is 0 Å². The number of nitrogens with zero attached hydrogens (tertiary/aromatic N) is 1. The number of nitrogens with one attached hydrogen (secondary N) is 1. The van der Waals surface area contributed by atoms with Crippen molar-refractivity contribution in [3.8, 4) is 0 Å². The zero-order valence-corrected chi connectivity index (χ0v) is 12.8. The Kier molecular flexibility index (Phi) is 3.45. The van der Waals surface area contributed by atoms with Gasteiger partial charge in [-0.25, -0.2) is 4.79 Å². The Morgan fingerprint density at radius 1 is 1.30 bits per heavy atom. The number of ether oxygens (including phenoxy) is 2. The van der Waals surface area contributed by atoms with Crippen LogP contribution >= 0.6 is 0 Å². The minimum absolute atomic E-state index is 0.169. The number of hydrogen-bond donors (Lipinski definition) is 1. The molecule has 3 rings (SSSR count). The Morgan fingerprint density at radius 2 is 2.00 bits per heavy atom. The molecule has 5 nitrogen and oxygen atoms in total. The first-order chi connectivity index (χ1) is 9.40. The van der Waals surface area contributed by atoms with Crippen molar-refractivity contribution < 1.29 is 14.3 Å². The molecule has 3 fully saturated rings. The van der Waals surface area contributed by atoms with Crippen LogP contribution in [0.2, 0.25) is 0 Å². The summed E-state index contributed by atoms with van der Waals surface area (Å²) in [5.41, 5.74) is -0.0782. The van der Waals surface area contributed by atoms with Crippen LogP contribution in [-0.2, 0) is 9.47 Å². The normalized spacial score (nSPS) is 32.5. The fourth-order valence-corrected chi connectivity index (χ4v) is 3.83. The summed E-state index contributed by atoms with van der Waals surface area (Å²) in [4.78, 5) is 14.0. The summed E-state index contributed by atoms with van der Waals surface area (Å²) < 4.78 is 11.1. The number of carbonyl (C=O) groups is 1. The summed E-state index contributed by atoms with van der Waals surface area (Å²) in [6, 6.07) is 0.531. The van der Waals surface area contributed by atoms with Gasteiger partial charge in [0, 0.05) is 31.6 Å². The monoisotopic (exact) mass is 282 g/mol. The van der Waals surface area contributed by atoms with E-state index in [2.05, 4.69) is 5.32 Å². The van der Waals surface area contributed by atoms with Crippen LogP contribution in [-0.4, -0.2) is 55.5 Å². The third-order valence-electron chi connectivity index (χ3n) is 4.99. The van der Waals surface area contributed by atoms with Crippen LogP contribution in [0.5, 0.6) is 0 Å². The average molecular weight is 282 g/mol. The first kappa shape index (κ1) is 14.1. The minimum Gasteiger partial charge on any atom is -0.444 e. The Bertz CT molecular complexity index is 383. The predicted molar refractivity (Wildman–Crippen MR) is 75.6 cm³/mol. The molecule has 3 aliphatic rings. The lowest BCUT2D eigenvalue weighted by Gasteiger charge is -2.42. The van der Waals surface area contributed by atoms with E-state index in [1.165, 1.54) is 0 Å². The summed E-state index contributed by atoms with van der Waals surface area (Å²) >= 11 is 0. The fraction of sp³-hybridized carbons (Fsp3) is 0.933. The van der Waals surface area contributed by atoms with E-state index in [-0.39, 0.29) is 6.09 Å². The summed E-state index contributed by atoms with van der Waals surface area (Å²) in [7, 11) is 0. The highest BCUT2D eigenvalue weighted by Gasteiger charge is 2.52. The molecule has 1 N–H and O–H groups in total. The van der Waals surface area contributed by atoms with Crippen LogP contribution in [0.25, 0.3) is 0 Å². The fourth-order valence-electron chi connectivity index (χ4n) is 3.83. The van der Waals surface area contributed by atoms with Crippen molar-refractivity contribution in [2.24, 2.45) is 11.3 Å². The van der Waals surface area contributed by atoms with Crippen molar-refractivity contribution >= 4 is 6.09 Å². The van der Waals surface area contributed by atoms with Gasteiger partial charge in [0.1, 0.15) is 5.60 Å². The van der Waals surface area contributed by atoms with Crippen LogP contribution in [0.3, 0.4) is 0 Å². The highest BCUT2D eigenvalue weighted by Crippen LogP contribution is 2.46. The molecule has 3 heterocycles. The largest absolute Gasteiger partial charge is 0.444 e. The smallest absolute Gasteiger partial charge is 0.410 e. The van der Waals surface area contributed by atoms with E-state index in [0.717, 1.165) is 45.7 Å². The number of piperidine rings is 1. The van der Waals surface area contributed by atoms with Crippen LogP contribution in [0.1, 0.15) is 33.6 Å². The van der Waals surface area contributed by atoms with Gasteiger partial charge in [-0.2, -0.15) is 0 Å². The molecule has 0 aromatic rings. The van der Waals surface area contributed by atoms with Crippen molar-refractivity contribution in [1.29, 1.82) is 0 Å². The van der Waals surface area contributed by atoms with Gasteiger partial charge in [-0.3, -0.25) is 0 Å². The SMILES string of the molecule is CC(C)(C)OC(=O)N1CCC2(CC1)CN[C@@H]1COC[C@H]12. The molecule has 3 saturated heterocycles. The number of hydrogen-bond acceptors (Lipinski definition) is 4. The molecule has 0 saturated carbocycles. The lowest BCUT2D eigenvalue weighted by atomic mass is 9.70. The van der Waals surface area contributed by atoms with E-state index in [0.29, 0.717) is 17.4 Å². The van der Waals surface area contributed by atoms with E-state index < -0.39 is 5.60 Å². The van der Waals surface area contributed by atoms with Gasteiger partial charge in [0.25, 0.3) is 0 Å². The maximum Gasteiger partial charge on any atom is 0.410 e. The molecule has 1 amide bonds. The molecule has 5 heteroatoms. The van der Waals surface area contributed by atoms with Crippen molar-refractivity contribution in [1.82, 2.24) is 10.2 Å². The number of fused-ring (bicyclic) bond motifs is 2. The van der Waals surface area contributed by atoms with Crippen molar-refractivity contribution in [2.45, 2.75) is 45.3 Å². The van der Waals surface area contributed by atoms with Crippen LogP contribution in [0.4, 0.5) is 4.79 Å². The van der Waals surface area contributed by atoms with Gasteiger partial charge >= 0.3 is 6.09 Å². The van der Waals surface area contributed by atoms with E-state index in [1.54, 1.807) is 0 Å². The second kappa shape index (κ2) is 4.88. The van der Waals surface area contributed by atoms with Crippen LogP contribution in [0.15, 0.2) is 0 Å². The number of rotatable bonds is 0. The number of likely N-dealkylation sites (tertiary alicyclic amines) is 1. The Labute approximate surface area is 121 Å².